The van der Waals surface area contributed by atoms with Crippen LogP contribution in [0.5, 0.6) is 0 Å². The average molecular weight is 611 g/mol. The molecular weight excluding hydrogens is 588 g/mol. The lowest BCUT2D eigenvalue weighted by Gasteiger charge is -2.43. The van der Waals surface area contributed by atoms with Gasteiger partial charge in [0.15, 0.2) is 22.2 Å². The molecule has 0 bridgehead atoms. The number of thiazole rings is 1. The van der Waals surface area contributed by atoms with Gasteiger partial charge in [0.2, 0.25) is 0 Å². The number of nitrogen functional groups attached to an aromatic ring is 1. The fourth-order valence-electron chi connectivity index (χ4n) is 2.96. The number of nitrogens with one attached hydrogen (secondary N) is 1. The van der Waals surface area contributed by atoms with Crippen LogP contribution in [0.1, 0.15) is 32.2 Å². The van der Waals surface area contributed by atoms with Crippen LogP contribution in [0.25, 0.3) is 0 Å². The SMILES string of the molecule is CC(=O)C(C)(C)ON=C(C(=O)NC1C(=O)N(S(=O)(=O)O)C1Cn1ncc(COS(=O)(=O)O)n1)c1csc(N)n1. The van der Waals surface area contributed by atoms with Gasteiger partial charge in [0, 0.05) is 5.38 Å². The van der Waals surface area contributed by atoms with Crippen LogP contribution in [-0.2, 0) is 57.3 Å². The molecule has 3 rings (SSSR count). The number of nitrogens with two attached hydrogens (primary N) is 1. The Labute approximate surface area is 224 Å². The monoisotopic (exact) mass is 610 g/mol. The Kier molecular flexibility index (Phi) is 8.37. The van der Waals surface area contributed by atoms with Gasteiger partial charge in [-0.2, -0.15) is 31.8 Å². The fourth-order valence-corrected chi connectivity index (χ4v) is 4.65. The number of carbonyl (C=O) groups excluding carboxylic acids is 3. The van der Waals surface area contributed by atoms with Gasteiger partial charge in [-0.1, -0.05) is 5.16 Å². The highest BCUT2D eigenvalue weighted by Crippen LogP contribution is 2.25. The van der Waals surface area contributed by atoms with Crippen LogP contribution in [0, 0.1) is 0 Å². The number of oxime groups is 1. The molecule has 19 nitrogen and oxygen atoms in total. The predicted molar refractivity (Wildman–Crippen MR) is 129 cm³/mol. The summed E-state index contributed by atoms with van der Waals surface area (Å²) in [5.41, 5.74) is 3.53. The summed E-state index contributed by atoms with van der Waals surface area (Å²) in [7, 11) is -9.86. The van der Waals surface area contributed by atoms with Gasteiger partial charge in [0.05, 0.1) is 12.7 Å². The highest BCUT2D eigenvalue weighted by atomic mass is 32.3. The van der Waals surface area contributed by atoms with E-state index in [2.05, 4.69) is 29.8 Å². The first-order valence-electron chi connectivity index (χ1n) is 10.5. The molecule has 3 heterocycles. The first-order chi connectivity index (χ1) is 17.9. The van der Waals surface area contributed by atoms with Crippen LogP contribution in [0.15, 0.2) is 16.7 Å². The summed E-state index contributed by atoms with van der Waals surface area (Å²) in [6.45, 7) is 2.81. The highest BCUT2D eigenvalue weighted by Gasteiger charge is 2.54. The van der Waals surface area contributed by atoms with Crippen LogP contribution < -0.4 is 11.1 Å². The summed E-state index contributed by atoms with van der Waals surface area (Å²) < 4.78 is 67.5. The van der Waals surface area contributed by atoms with Crippen molar-refractivity contribution in [1.29, 1.82) is 0 Å². The van der Waals surface area contributed by atoms with Crippen molar-refractivity contribution in [3.8, 4) is 0 Å². The van der Waals surface area contributed by atoms with Gasteiger partial charge in [0.1, 0.15) is 30.1 Å². The minimum atomic E-state index is -5.08. The van der Waals surface area contributed by atoms with E-state index in [1.807, 2.05) is 0 Å². The van der Waals surface area contributed by atoms with Crippen molar-refractivity contribution in [3.63, 3.8) is 0 Å². The molecule has 0 saturated carbocycles. The van der Waals surface area contributed by atoms with Crippen LogP contribution in [-0.4, -0.2) is 91.2 Å². The Balaban J connectivity index is 1.85. The Morgan fingerprint density at radius 2 is 1.95 bits per heavy atom. The molecule has 2 aromatic rings. The molecule has 0 spiro atoms. The molecule has 1 fully saturated rings. The topological polar surface area (TPSA) is 276 Å². The third-order valence-electron chi connectivity index (χ3n) is 5.19. The lowest BCUT2D eigenvalue weighted by Crippen LogP contribution is -2.73. The summed E-state index contributed by atoms with van der Waals surface area (Å²) in [6, 6.07) is -3.00. The zero-order valence-corrected chi connectivity index (χ0v) is 22.7. The van der Waals surface area contributed by atoms with E-state index in [0.29, 0.717) is 0 Å². The molecule has 214 valence electrons. The van der Waals surface area contributed by atoms with E-state index in [9.17, 15) is 35.8 Å². The zero-order chi connectivity index (χ0) is 29.3. The number of aromatic nitrogens is 4. The Morgan fingerprint density at radius 3 is 2.49 bits per heavy atom. The maximum atomic E-state index is 13.1. The second-order valence-corrected chi connectivity index (χ2v) is 11.6. The number of Topliss-reactive ketones (excluding diaryl/α,β-unsaturated/α-hetero) is 1. The summed E-state index contributed by atoms with van der Waals surface area (Å²) in [6.07, 6.45) is 1.03. The van der Waals surface area contributed by atoms with Crippen molar-refractivity contribution >= 4 is 60.5 Å². The van der Waals surface area contributed by atoms with Gasteiger partial charge in [0.25, 0.3) is 11.8 Å². The number of carbonyl (C=O) groups is 3. The highest BCUT2D eigenvalue weighted by molar-refractivity contribution is 7.84. The molecule has 1 aliphatic rings. The maximum absolute atomic E-state index is 13.1. The average Bonchev–Trinajstić information content (AvgIpc) is 3.43. The Hall–Kier alpha value is -3.57. The normalized spacial score (nSPS) is 18.5. The van der Waals surface area contributed by atoms with E-state index in [-0.39, 0.29) is 20.8 Å². The van der Waals surface area contributed by atoms with Gasteiger partial charge in [-0.15, -0.1) is 11.3 Å². The summed E-state index contributed by atoms with van der Waals surface area (Å²) in [5, 5.41) is 15.0. The number of rotatable bonds is 12. The molecule has 0 radical (unpaired) electrons. The predicted octanol–water partition coefficient (Wildman–Crippen LogP) is -2.08. The van der Waals surface area contributed by atoms with Gasteiger partial charge in [-0.3, -0.25) is 23.5 Å². The summed E-state index contributed by atoms with van der Waals surface area (Å²) in [5.74, 6) is -2.69. The van der Waals surface area contributed by atoms with Crippen molar-refractivity contribution in [3.05, 3.63) is 23.0 Å². The second kappa shape index (κ2) is 10.9. The minimum absolute atomic E-state index is 0.0602. The van der Waals surface area contributed by atoms with Crippen molar-refractivity contribution in [1.82, 2.24) is 29.6 Å². The molecule has 39 heavy (non-hydrogen) atoms. The molecule has 1 saturated heterocycles. The smallest absolute Gasteiger partial charge is 0.381 e. The van der Waals surface area contributed by atoms with Crippen LogP contribution in [0.2, 0.25) is 0 Å². The molecule has 2 aromatic heterocycles. The number of ketones is 1. The lowest BCUT2D eigenvalue weighted by molar-refractivity contribution is -0.145. The molecular formula is C17H22N8O11S3. The molecule has 2 atom stereocenters. The molecule has 2 amide bonds. The lowest BCUT2D eigenvalue weighted by atomic mass is 9.98. The number of hydrogen-bond donors (Lipinski definition) is 4. The fraction of sp³-hybridized carbons (Fsp3) is 0.471. The number of amides is 2. The minimum Gasteiger partial charge on any atom is -0.381 e. The number of anilines is 1. The van der Waals surface area contributed by atoms with Crippen LogP contribution in [0.3, 0.4) is 0 Å². The third kappa shape index (κ3) is 7.30. The second-order valence-electron chi connectivity index (χ2n) is 8.38. The van der Waals surface area contributed by atoms with Crippen molar-refractivity contribution in [2.75, 3.05) is 5.73 Å². The van der Waals surface area contributed by atoms with Crippen molar-refractivity contribution in [2.24, 2.45) is 5.16 Å². The van der Waals surface area contributed by atoms with Crippen LogP contribution in [0.4, 0.5) is 5.13 Å². The molecule has 2 unspecified atom stereocenters. The van der Waals surface area contributed by atoms with E-state index < -0.39 is 74.8 Å². The Bertz CT molecular complexity index is 1530. The molecule has 0 aromatic carbocycles. The molecule has 0 aliphatic carbocycles. The van der Waals surface area contributed by atoms with Gasteiger partial charge < -0.3 is 15.9 Å². The first-order valence-corrected chi connectivity index (χ1v) is 14.1. The van der Waals surface area contributed by atoms with Crippen molar-refractivity contribution < 1.29 is 49.3 Å². The van der Waals surface area contributed by atoms with E-state index in [4.69, 9.17) is 15.1 Å². The first kappa shape index (κ1) is 30.0. The van der Waals surface area contributed by atoms with Crippen molar-refractivity contribution in [2.45, 2.75) is 51.6 Å². The third-order valence-corrected chi connectivity index (χ3v) is 7.22. The van der Waals surface area contributed by atoms with Gasteiger partial charge in [-0.05, 0) is 20.8 Å². The molecule has 5 N–H and O–H groups in total. The number of hydrogen-bond acceptors (Lipinski definition) is 15. The van der Waals surface area contributed by atoms with E-state index in [0.717, 1.165) is 22.3 Å². The zero-order valence-electron chi connectivity index (χ0n) is 20.3. The van der Waals surface area contributed by atoms with E-state index in [1.165, 1.54) is 26.2 Å². The number of β-lactam (4-membered cyclic amide) rings is 1. The van der Waals surface area contributed by atoms with Crippen LogP contribution >= 0.6 is 11.3 Å². The molecule has 22 heteroatoms. The summed E-state index contributed by atoms with van der Waals surface area (Å²) in [4.78, 5) is 47.5. The standard InChI is InChI=1S/C17H22N8O11S3/c1-8(26)17(2,3)36-23-12(10-7-37-16(18)20-10)14(27)21-13-11(25(15(13)28)38(29,30)31)5-24-19-4-9(22-24)6-35-39(32,33)34/h4,7,11,13H,5-6H2,1-3H3,(H2,18,20)(H,21,27)(H,29,30,31)(H,32,33,34). The quantitative estimate of drug-likeness (QED) is 0.0868. The number of nitrogens with zero attached hydrogens (tertiary/aromatic N) is 6. The van der Waals surface area contributed by atoms with Gasteiger partial charge in [-0.25, -0.2) is 13.5 Å². The van der Waals surface area contributed by atoms with E-state index in [1.54, 1.807) is 0 Å². The van der Waals surface area contributed by atoms with Gasteiger partial charge >= 0.3 is 20.7 Å². The molecule has 1 aliphatic heterocycles. The Morgan fingerprint density at radius 1 is 1.28 bits per heavy atom. The summed E-state index contributed by atoms with van der Waals surface area (Å²) >= 11 is 0.955. The maximum Gasteiger partial charge on any atom is 0.397 e. The van der Waals surface area contributed by atoms with E-state index >= 15 is 0 Å². The largest absolute Gasteiger partial charge is 0.397 e.